The lowest BCUT2D eigenvalue weighted by Crippen LogP contribution is -2.24. The van der Waals surface area contributed by atoms with Crippen molar-refractivity contribution in [2.45, 2.75) is 47.0 Å². The van der Waals surface area contributed by atoms with Gasteiger partial charge in [0.2, 0.25) is 0 Å². The molecule has 0 atom stereocenters. The van der Waals surface area contributed by atoms with Crippen molar-refractivity contribution in [3.63, 3.8) is 0 Å². The van der Waals surface area contributed by atoms with Crippen LogP contribution in [0.4, 0.5) is 5.13 Å². The Morgan fingerprint density at radius 2 is 1.77 bits per heavy atom. The minimum absolute atomic E-state index is 0.00859. The highest BCUT2D eigenvalue weighted by molar-refractivity contribution is 9.10. The maximum absolute atomic E-state index is 12.8. The number of aromatic nitrogens is 1. The summed E-state index contributed by atoms with van der Waals surface area (Å²) in [5.41, 5.74) is -0.0870. The summed E-state index contributed by atoms with van der Waals surface area (Å²) in [6, 6.07) is 4.62. The molecule has 0 bridgehead atoms. The van der Waals surface area contributed by atoms with Gasteiger partial charge >= 0.3 is 0 Å². The van der Waals surface area contributed by atoms with E-state index in [4.69, 9.17) is 0 Å². The molecular weight excluding hydrogens is 416 g/mol. The van der Waals surface area contributed by atoms with Gasteiger partial charge in [-0.25, -0.2) is 4.98 Å². The molecule has 2 aromatic rings. The van der Waals surface area contributed by atoms with Crippen molar-refractivity contribution in [2.24, 2.45) is 5.41 Å². The largest absolute Gasteiger partial charge is 0.507 e. The summed E-state index contributed by atoms with van der Waals surface area (Å²) in [5, 5.41) is 13.0. The van der Waals surface area contributed by atoms with Crippen LogP contribution in [0.5, 0.6) is 5.75 Å². The molecule has 0 fully saturated rings. The van der Waals surface area contributed by atoms with Crippen molar-refractivity contribution in [3.8, 4) is 5.75 Å². The molecule has 0 aliphatic heterocycles. The number of thiazole rings is 1. The summed E-state index contributed by atoms with van der Waals surface area (Å²) in [5.74, 6) is -0.609. The number of Topliss-reactive ketones (excluding diaryl/α,β-unsaturated/α-hetero) is 1. The number of carbonyl (C=O) groups excluding carboxylic acids is 2. The van der Waals surface area contributed by atoms with Gasteiger partial charge in [0.1, 0.15) is 5.75 Å². The lowest BCUT2D eigenvalue weighted by atomic mass is 9.84. The highest BCUT2D eigenvalue weighted by Crippen LogP contribution is 2.36. The molecule has 26 heavy (non-hydrogen) atoms. The van der Waals surface area contributed by atoms with Crippen molar-refractivity contribution >= 4 is 44.1 Å². The minimum atomic E-state index is -0.545. The van der Waals surface area contributed by atoms with Crippen LogP contribution in [0.2, 0.25) is 0 Å². The highest BCUT2D eigenvalue weighted by atomic mass is 79.9. The Morgan fingerprint density at radius 1 is 1.15 bits per heavy atom. The van der Waals surface area contributed by atoms with Gasteiger partial charge in [0.05, 0.1) is 16.1 Å². The van der Waals surface area contributed by atoms with Crippen LogP contribution in [0.1, 0.15) is 67.3 Å². The molecule has 2 N–H and O–H groups in total. The number of hydrogen-bond donors (Lipinski definition) is 2. The number of halogens is 1. The fourth-order valence-corrected chi connectivity index (χ4v) is 3.91. The molecule has 1 heterocycles. The Balaban J connectivity index is 2.42. The molecule has 0 radical (unpaired) electrons. The number of nitrogens with zero attached hydrogens (tertiary/aromatic N) is 1. The monoisotopic (exact) mass is 438 g/mol. The summed E-state index contributed by atoms with van der Waals surface area (Å²) in [6.07, 6.45) is 0. The van der Waals surface area contributed by atoms with E-state index in [2.05, 4.69) is 26.2 Å². The second kappa shape index (κ2) is 7.12. The second-order valence-electron chi connectivity index (χ2n) is 8.14. The van der Waals surface area contributed by atoms with E-state index in [1.807, 2.05) is 41.5 Å². The number of phenols is 1. The molecule has 0 saturated carbocycles. The molecule has 0 saturated heterocycles. The lowest BCUT2D eigenvalue weighted by Gasteiger charge is -2.21. The maximum atomic E-state index is 12.8. The van der Waals surface area contributed by atoms with E-state index in [1.165, 1.54) is 23.5 Å². The number of carbonyl (C=O) groups is 2. The molecule has 5 nitrogen and oxygen atoms in total. The summed E-state index contributed by atoms with van der Waals surface area (Å²) in [6.45, 7) is 11.5. The number of benzene rings is 1. The van der Waals surface area contributed by atoms with E-state index in [1.54, 1.807) is 6.07 Å². The van der Waals surface area contributed by atoms with Crippen molar-refractivity contribution in [1.82, 2.24) is 4.98 Å². The Morgan fingerprint density at radius 3 is 2.31 bits per heavy atom. The van der Waals surface area contributed by atoms with E-state index in [0.29, 0.717) is 20.2 Å². The van der Waals surface area contributed by atoms with Crippen molar-refractivity contribution in [1.29, 1.82) is 0 Å². The first-order chi connectivity index (χ1) is 11.8. The van der Waals surface area contributed by atoms with E-state index in [0.717, 1.165) is 0 Å². The predicted octanol–water partition coefficient (Wildman–Crippen LogP) is 5.39. The summed E-state index contributed by atoms with van der Waals surface area (Å²) < 4.78 is 0.679. The molecule has 0 spiro atoms. The van der Waals surface area contributed by atoms with Gasteiger partial charge in [-0.3, -0.25) is 14.9 Å². The van der Waals surface area contributed by atoms with E-state index >= 15 is 0 Å². The maximum Gasteiger partial charge on any atom is 0.261 e. The molecule has 1 aromatic carbocycles. The normalized spacial score (nSPS) is 12.1. The average molecular weight is 439 g/mol. The smallest absolute Gasteiger partial charge is 0.261 e. The highest BCUT2D eigenvalue weighted by Gasteiger charge is 2.33. The Hall–Kier alpha value is -1.73. The zero-order valence-corrected chi connectivity index (χ0v) is 18.1. The molecule has 0 aliphatic carbocycles. The van der Waals surface area contributed by atoms with Crippen molar-refractivity contribution < 1.29 is 14.7 Å². The number of ketones is 1. The first-order valence-corrected chi connectivity index (χ1v) is 9.77. The average Bonchev–Trinajstić information content (AvgIpc) is 2.91. The molecular formula is C19H23BrN2O3S. The van der Waals surface area contributed by atoms with Gasteiger partial charge in [-0.15, -0.1) is 0 Å². The molecule has 140 valence electrons. The number of phenolic OH excluding ortho intramolecular Hbond substituents is 1. The molecule has 0 unspecified atom stereocenters. The third-order valence-electron chi connectivity index (χ3n) is 3.65. The van der Waals surface area contributed by atoms with E-state index in [9.17, 15) is 14.7 Å². The number of nitrogens with one attached hydrogen (secondary N) is 1. The fourth-order valence-electron chi connectivity index (χ4n) is 2.23. The fraction of sp³-hybridized carbons (Fsp3) is 0.421. The minimum Gasteiger partial charge on any atom is -0.507 e. The Bertz CT molecular complexity index is 861. The lowest BCUT2D eigenvalue weighted by molar-refractivity contribution is 0.0860. The Labute approximate surface area is 166 Å². The second-order valence-corrected chi connectivity index (χ2v) is 10.1. The topological polar surface area (TPSA) is 79.3 Å². The van der Waals surface area contributed by atoms with E-state index in [-0.39, 0.29) is 22.5 Å². The molecule has 1 aromatic heterocycles. The Kier molecular flexibility index (Phi) is 5.63. The summed E-state index contributed by atoms with van der Waals surface area (Å²) in [7, 11) is 0. The SMILES string of the molecule is CC(C)(C)C(=O)c1sc(NC(=O)c2cc(Br)ccc2O)nc1C(C)(C)C. The van der Waals surface area contributed by atoms with Crippen LogP contribution >= 0.6 is 27.3 Å². The first-order valence-electron chi connectivity index (χ1n) is 8.16. The standard InChI is InChI=1S/C19H23BrN2O3S/c1-18(2,3)14-13(15(24)19(4,5)6)26-17(21-14)22-16(25)11-9-10(20)7-8-12(11)23/h7-9,23H,1-6H3,(H,21,22,25). The number of aromatic hydroxyl groups is 1. The van der Waals surface area contributed by atoms with Crippen LogP contribution < -0.4 is 5.32 Å². The van der Waals surface area contributed by atoms with Gasteiger partial charge in [-0.1, -0.05) is 68.8 Å². The zero-order chi connectivity index (χ0) is 19.9. The number of amides is 1. The number of rotatable bonds is 3. The van der Waals surface area contributed by atoms with Crippen LogP contribution in [0.25, 0.3) is 0 Å². The summed E-state index contributed by atoms with van der Waals surface area (Å²) in [4.78, 5) is 30.4. The van der Waals surface area contributed by atoms with Gasteiger partial charge in [0.15, 0.2) is 10.9 Å². The van der Waals surface area contributed by atoms with Crippen LogP contribution in [-0.2, 0) is 5.41 Å². The van der Waals surface area contributed by atoms with Gasteiger partial charge in [-0.2, -0.15) is 0 Å². The van der Waals surface area contributed by atoms with E-state index < -0.39 is 11.3 Å². The van der Waals surface area contributed by atoms with Gasteiger partial charge in [0.25, 0.3) is 5.91 Å². The van der Waals surface area contributed by atoms with Crippen molar-refractivity contribution in [3.05, 3.63) is 38.8 Å². The van der Waals surface area contributed by atoms with Crippen LogP contribution in [0.3, 0.4) is 0 Å². The number of hydrogen-bond acceptors (Lipinski definition) is 5. The third kappa shape index (κ3) is 4.51. The molecule has 7 heteroatoms. The van der Waals surface area contributed by atoms with Gasteiger partial charge in [0, 0.05) is 15.3 Å². The van der Waals surface area contributed by atoms with Crippen LogP contribution in [0.15, 0.2) is 22.7 Å². The summed E-state index contributed by atoms with van der Waals surface area (Å²) >= 11 is 4.45. The van der Waals surface area contributed by atoms with Crippen molar-refractivity contribution in [2.75, 3.05) is 5.32 Å². The quantitative estimate of drug-likeness (QED) is 0.629. The van der Waals surface area contributed by atoms with Crippen LogP contribution in [-0.4, -0.2) is 21.8 Å². The number of anilines is 1. The molecule has 2 rings (SSSR count). The predicted molar refractivity (Wildman–Crippen MR) is 108 cm³/mol. The molecule has 0 aliphatic rings. The zero-order valence-electron chi connectivity index (χ0n) is 15.7. The van der Waals surface area contributed by atoms with Gasteiger partial charge in [-0.05, 0) is 18.2 Å². The third-order valence-corrected chi connectivity index (χ3v) is 5.11. The molecule has 1 amide bonds. The van der Waals surface area contributed by atoms with Gasteiger partial charge < -0.3 is 5.11 Å². The van der Waals surface area contributed by atoms with Crippen LogP contribution in [0, 0.1) is 5.41 Å². The first kappa shape index (κ1) is 20.6.